The summed E-state index contributed by atoms with van der Waals surface area (Å²) in [7, 11) is 0. The fraction of sp³-hybridized carbons (Fsp3) is 0. The average Bonchev–Trinajstić information content (AvgIpc) is 3.16. The molecule has 0 aliphatic heterocycles. The SMILES string of the molecule is N#Cc1c(=N)nc2oc3ccccc3c3cc(-c4cccs4)[nH]c1c23. The van der Waals surface area contributed by atoms with Crippen molar-refractivity contribution < 1.29 is 4.42 Å². The summed E-state index contributed by atoms with van der Waals surface area (Å²) in [6, 6.07) is 15.9. The average molecular weight is 342 g/mol. The summed E-state index contributed by atoms with van der Waals surface area (Å²) in [6.45, 7) is 0. The van der Waals surface area contributed by atoms with Gasteiger partial charge in [-0.1, -0.05) is 24.3 Å². The number of rotatable bonds is 1. The first-order valence-corrected chi connectivity index (χ1v) is 8.51. The van der Waals surface area contributed by atoms with Gasteiger partial charge in [0.1, 0.15) is 17.2 Å². The summed E-state index contributed by atoms with van der Waals surface area (Å²) in [5, 5.41) is 22.3. The summed E-state index contributed by atoms with van der Waals surface area (Å²) in [5.74, 6) is 0. The van der Waals surface area contributed by atoms with Gasteiger partial charge in [-0.2, -0.15) is 10.2 Å². The molecule has 0 saturated carbocycles. The Balaban J connectivity index is 2.11. The molecule has 6 heteroatoms. The van der Waals surface area contributed by atoms with E-state index in [9.17, 15) is 5.26 Å². The highest BCUT2D eigenvalue weighted by Gasteiger charge is 2.17. The Kier molecular flexibility index (Phi) is 2.81. The molecule has 1 aromatic carbocycles. The maximum absolute atomic E-state index is 9.54. The molecule has 4 aromatic heterocycles. The molecule has 2 N–H and O–H groups in total. The maximum Gasteiger partial charge on any atom is 0.231 e. The van der Waals surface area contributed by atoms with Crippen molar-refractivity contribution in [3.63, 3.8) is 0 Å². The van der Waals surface area contributed by atoms with E-state index in [1.807, 2.05) is 41.8 Å². The third-order valence-corrected chi connectivity index (χ3v) is 5.17. The van der Waals surface area contributed by atoms with Gasteiger partial charge in [-0.25, -0.2) is 0 Å². The lowest BCUT2D eigenvalue weighted by atomic mass is 10.0. The first-order valence-electron chi connectivity index (χ1n) is 7.63. The van der Waals surface area contributed by atoms with Crippen molar-refractivity contribution in [1.29, 1.82) is 10.7 Å². The quantitative estimate of drug-likeness (QED) is 0.346. The molecule has 5 nitrogen and oxygen atoms in total. The van der Waals surface area contributed by atoms with Crippen molar-refractivity contribution >= 4 is 44.3 Å². The Morgan fingerprint density at radius 3 is 2.84 bits per heavy atom. The Labute approximate surface area is 145 Å². The van der Waals surface area contributed by atoms with E-state index >= 15 is 0 Å². The van der Waals surface area contributed by atoms with E-state index in [0.29, 0.717) is 16.8 Å². The Morgan fingerprint density at radius 1 is 1.16 bits per heavy atom. The van der Waals surface area contributed by atoms with Crippen LogP contribution < -0.4 is 5.49 Å². The van der Waals surface area contributed by atoms with Crippen LogP contribution in [0, 0.1) is 16.7 Å². The van der Waals surface area contributed by atoms with E-state index in [2.05, 4.69) is 22.1 Å². The van der Waals surface area contributed by atoms with Gasteiger partial charge in [0.25, 0.3) is 0 Å². The molecule has 4 heterocycles. The van der Waals surface area contributed by atoms with Gasteiger partial charge in [0.05, 0.1) is 21.5 Å². The molecule has 5 aromatic rings. The molecular weight excluding hydrogens is 332 g/mol. The molecule has 0 unspecified atom stereocenters. The van der Waals surface area contributed by atoms with E-state index in [4.69, 9.17) is 9.83 Å². The van der Waals surface area contributed by atoms with Crippen LogP contribution in [0.3, 0.4) is 0 Å². The second-order valence-electron chi connectivity index (χ2n) is 5.67. The minimum absolute atomic E-state index is 0.0880. The molecule has 0 aliphatic carbocycles. The van der Waals surface area contributed by atoms with Gasteiger partial charge in [-0.3, -0.25) is 5.41 Å². The first-order chi connectivity index (χ1) is 12.3. The van der Waals surface area contributed by atoms with Gasteiger partial charge >= 0.3 is 0 Å². The van der Waals surface area contributed by atoms with Gasteiger partial charge in [0, 0.05) is 10.8 Å². The third kappa shape index (κ3) is 1.93. The van der Waals surface area contributed by atoms with Crippen molar-refractivity contribution in [2.75, 3.05) is 0 Å². The lowest BCUT2D eigenvalue weighted by molar-refractivity contribution is 0.643. The molecule has 5 rings (SSSR count). The number of hydrogen-bond donors (Lipinski definition) is 2. The van der Waals surface area contributed by atoms with Crippen LogP contribution in [0.5, 0.6) is 0 Å². The number of thiophene rings is 1. The Hall–Kier alpha value is -3.43. The summed E-state index contributed by atoms with van der Waals surface area (Å²) < 4.78 is 5.90. The third-order valence-electron chi connectivity index (χ3n) is 4.26. The molecule has 118 valence electrons. The lowest BCUT2D eigenvalue weighted by Crippen LogP contribution is -2.12. The molecule has 0 bridgehead atoms. The number of nitrogens with one attached hydrogen (secondary N) is 2. The number of fused-ring (bicyclic) bond motifs is 2. The predicted molar refractivity (Wildman–Crippen MR) is 97.3 cm³/mol. The normalized spacial score (nSPS) is 11.3. The van der Waals surface area contributed by atoms with Crippen LogP contribution in [0.1, 0.15) is 5.56 Å². The number of aromatic amines is 1. The van der Waals surface area contributed by atoms with E-state index in [0.717, 1.165) is 26.7 Å². The maximum atomic E-state index is 9.54. The van der Waals surface area contributed by atoms with Crippen molar-refractivity contribution in [2.24, 2.45) is 0 Å². The summed E-state index contributed by atoms with van der Waals surface area (Å²) in [5.41, 5.74) is 2.70. The molecule has 25 heavy (non-hydrogen) atoms. The van der Waals surface area contributed by atoms with Crippen LogP contribution in [0.2, 0.25) is 0 Å². The summed E-state index contributed by atoms with van der Waals surface area (Å²) in [4.78, 5) is 8.58. The van der Waals surface area contributed by atoms with E-state index < -0.39 is 0 Å². The standard InChI is InChI=1S/C19H10N4OS/c20-9-12-17-16-11(8-13(22-17)15-6-3-7-25-15)10-4-1-2-5-14(10)24-19(16)23-18(12)21/h1-8,21-22H. The minimum Gasteiger partial charge on any atom is -0.438 e. The number of pyridine rings is 2. The monoisotopic (exact) mass is 342 g/mol. The minimum atomic E-state index is -0.0880. The molecule has 0 saturated heterocycles. The van der Waals surface area contributed by atoms with Crippen molar-refractivity contribution in [1.82, 2.24) is 9.97 Å². The molecule has 0 fully saturated rings. The Morgan fingerprint density at radius 2 is 2.04 bits per heavy atom. The highest BCUT2D eigenvalue weighted by molar-refractivity contribution is 7.13. The zero-order valence-electron chi connectivity index (χ0n) is 12.8. The molecule has 0 aliphatic rings. The second kappa shape index (κ2) is 5.03. The smallest absolute Gasteiger partial charge is 0.231 e. The zero-order chi connectivity index (χ0) is 17.0. The zero-order valence-corrected chi connectivity index (χ0v) is 13.6. The number of benzene rings is 1. The van der Waals surface area contributed by atoms with Crippen molar-refractivity contribution in [3.8, 4) is 16.6 Å². The predicted octanol–water partition coefficient (Wildman–Crippen LogP) is 4.54. The summed E-state index contributed by atoms with van der Waals surface area (Å²) >= 11 is 1.62. The van der Waals surface area contributed by atoms with Gasteiger partial charge in [0.2, 0.25) is 5.71 Å². The second-order valence-corrected chi connectivity index (χ2v) is 6.62. The number of aromatic nitrogens is 2. The van der Waals surface area contributed by atoms with Gasteiger partial charge in [-0.15, -0.1) is 11.3 Å². The Bertz CT molecular complexity index is 1370. The van der Waals surface area contributed by atoms with Crippen LogP contribution in [0.25, 0.3) is 43.5 Å². The van der Waals surface area contributed by atoms with Crippen LogP contribution >= 0.6 is 11.3 Å². The summed E-state index contributed by atoms with van der Waals surface area (Å²) in [6.07, 6.45) is 0. The first kappa shape index (κ1) is 14.0. The molecular formula is C19H10N4OS. The topological polar surface area (TPSA) is 89.5 Å². The number of H-pyrrole nitrogens is 1. The fourth-order valence-electron chi connectivity index (χ4n) is 3.17. The lowest BCUT2D eigenvalue weighted by Gasteiger charge is -2.11. The van der Waals surface area contributed by atoms with Gasteiger partial charge in [0.15, 0.2) is 5.49 Å². The van der Waals surface area contributed by atoms with Crippen molar-refractivity contribution in [3.05, 3.63) is 58.9 Å². The molecule has 0 radical (unpaired) electrons. The number of nitriles is 1. The van der Waals surface area contributed by atoms with E-state index in [1.165, 1.54) is 0 Å². The highest BCUT2D eigenvalue weighted by atomic mass is 32.1. The number of hydrogen-bond acceptors (Lipinski definition) is 5. The largest absolute Gasteiger partial charge is 0.438 e. The van der Waals surface area contributed by atoms with Gasteiger partial charge < -0.3 is 9.40 Å². The number of para-hydroxylation sites is 1. The highest BCUT2D eigenvalue weighted by Crippen LogP contribution is 2.35. The molecule has 0 atom stereocenters. The van der Waals surface area contributed by atoms with Crippen molar-refractivity contribution in [2.45, 2.75) is 0 Å². The molecule has 0 amide bonds. The fourth-order valence-corrected chi connectivity index (χ4v) is 3.87. The van der Waals surface area contributed by atoms with Gasteiger partial charge in [-0.05, 0) is 23.6 Å². The van der Waals surface area contributed by atoms with E-state index in [1.54, 1.807) is 11.3 Å². The van der Waals surface area contributed by atoms with Crippen LogP contribution in [-0.4, -0.2) is 9.97 Å². The van der Waals surface area contributed by atoms with Crippen LogP contribution in [0.15, 0.2) is 52.3 Å². The van der Waals surface area contributed by atoms with Crippen LogP contribution in [0.4, 0.5) is 0 Å². The van der Waals surface area contributed by atoms with Crippen LogP contribution in [-0.2, 0) is 0 Å². The van der Waals surface area contributed by atoms with E-state index in [-0.39, 0.29) is 11.1 Å². The number of nitrogens with zero attached hydrogens (tertiary/aromatic N) is 2. The molecule has 0 spiro atoms.